The predicted octanol–water partition coefficient (Wildman–Crippen LogP) is 5.14. The molecule has 0 atom stereocenters. The van der Waals surface area contributed by atoms with Crippen LogP contribution in [-0.2, 0) is 17.6 Å². The molecule has 0 spiro atoms. The zero-order valence-corrected chi connectivity index (χ0v) is 20.7. The first-order chi connectivity index (χ1) is 15.7. The number of hydrogen-bond donors (Lipinski definition) is 1. The van der Waals surface area contributed by atoms with Crippen molar-refractivity contribution in [3.8, 4) is 5.75 Å². The van der Waals surface area contributed by atoms with Crippen LogP contribution in [0.1, 0.15) is 57.6 Å². The van der Waals surface area contributed by atoms with Crippen molar-refractivity contribution in [2.45, 2.75) is 46.5 Å². The second kappa shape index (κ2) is 9.02. The van der Waals surface area contributed by atoms with Gasteiger partial charge in [0, 0.05) is 48.7 Å². The van der Waals surface area contributed by atoms with Crippen LogP contribution < -0.4 is 10.1 Å². The Morgan fingerprint density at radius 1 is 1.24 bits per heavy atom. The monoisotopic (exact) mass is 467 g/mol. The third kappa shape index (κ3) is 4.27. The molecule has 4 rings (SSSR count). The summed E-state index contributed by atoms with van der Waals surface area (Å²) < 4.78 is 11.9. The van der Waals surface area contributed by atoms with Gasteiger partial charge in [-0.3, -0.25) is 14.9 Å². The fourth-order valence-corrected chi connectivity index (χ4v) is 5.35. The van der Waals surface area contributed by atoms with Crippen LogP contribution in [0.3, 0.4) is 0 Å². The first kappa shape index (κ1) is 23.0. The van der Waals surface area contributed by atoms with Gasteiger partial charge in [-0.15, -0.1) is 0 Å². The number of thiazole rings is 1. The Kier molecular flexibility index (Phi) is 6.30. The highest BCUT2D eigenvalue weighted by atomic mass is 32.1. The number of anilines is 1. The third-order valence-electron chi connectivity index (χ3n) is 6.03. The van der Waals surface area contributed by atoms with E-state index in [1.165, 1.54) is 21.8 Å². The van der Waals surface area contributed by atoms with Gasteiger partial charge < -0.3 is 14.1 Å². The highest BCUT2D eigenvalue weighted by Gasteiger charge is 2.23. The van der Waals surface area contributed by atoms with Gasteiger partial charge in [0.25, 0.3) is 5.91 Å². The molecule has 2 amide bonds. The normalized spacial score (nSPS) is 13.7. The number of rotatable bonds is 5. The first-order valence-electron chi connectivity index (χ1n) is 11.0. The fourth-order valence-electron chi connectivity index (χ4n) is 4.36. The lowest BCUT2D eigenvalue weighted by molar-refractivity contribution is -0.111. The number of methoxy groups -OCH3 is 1. The third-order valence-corrected chi connectivity index (χ3v) is 7.09. The number of benzene rings is 1. The summed E-state index contributed by atoms with van der Waals surface area (Å²) in [7, 11) is 5.01. The van der Waals surface area contributed by atoms with E-state index < -0.39 is 0 Å². The minimum Gasteiger partial charge on any atom is -0.496 e. The Morgan fingerprint density at radius 3 is 2.67 bits per heavy atom. The van der Waals surface area contributed by atoms with E-state index in [1.54, 1.807) is 34.2 Å². The molecule has 33 heavy (non-hydrogen) atoms. The van der Waals surface area contributed by atoms with Crippen molar-refractivity contribution < 1.29 is 18.7 Å². The van der Waals surface area contributed by atoms with Gasteiger partial charge >= 0.3 is 0 Å². The largest absolute Gasteiger partial charge is 0.496 e. The van der Waals surface area contributed by atoms with Crippen molar-refractivity contribution in [3.63, 3.8) is 0 Å². The molecule has 0 fully saturated rings. The van der Waals surface area contributed by atoms with Gasteiger partial charge in [0.2, 0.25) is 5.91 Å². The number of fused-ring (bicyclic) bond motifs is 3. The predicted molar refractivity (Wildman–Crippen MR) is 131 cm³/mol. The molecule has 0 saturated carbocycles. The molecule has 1 aromatic carbocycles. The molecule has 0 unspecified atom stereocenters. The number of carbonyl (C=O) groups excluding carboxylic acids is 2. The van der Waals surface area contributed by atoms with E-state index in [4.69, 9.17) is 9.15 Å². The molecular weight excluding hydrogens is 438 g/mol. The van der Waals surface area contributed by atoms with Gasteiger partial charge in [0.05, 0.1) is 12.8 Å². The van der Waals surface area contributed by atoms with Crippen LogP contribution in [0.25, 0.3) is 16.5 Å². The average molecular weight is 468 g/mol. The van der Waals surface area contributed by atoms with Gasteiger partial charge in [-0.05, 0) is 51.7 Å². The fraction of sp³-hybridized carbons (Fsp3) is 0.400. The molecule has 0 saturated heterocycles. The standard InChI is InChI=1S/C25H29N3O4S/c1-13(11-20(29)27-25-26-15(3)23(33-25)24(30)28(4)5)17-12-18-16-9-7-8-10-19(16)32-22(18)14(2)21(17)31-6/h11-12H,7-10H2,1-6H3,(H,26,27,29)/b13-11+. The minimum absolute atomic E-state index is 0.130. The molecule has 0 bridgehead atoms. The molecule has 0 aliphatic heterocycles. The summed E-state index contributed by atoms with van der Waals surface area (Å²) in [5.41, 5.74) is 5.33. The van der Waals surface area contributed by atoms with Gasteiger partial charge in [0.15, 0.2) is 5.13 Å². The number of amides is 2. The van der Waals surface area contributed by atoms with Crippen molar-refractivity contribution >= 4 is 44.8 Å². The summed E-state index contributed by atoms with van der Waals surface area (Å²) in [6.07, 6.45) is 5.82. The highest BCUT2D eigenvalue weighted by molar-refractivity contribution is 7.17. The molecule has 2 aromatic heterocycles. The maximum absolute atomic E-state index is 12.8. The van der Waals surface area contributed by atoms with E-state index in [9.17, 15) is 9.59 Å². The Bertz CT molecular complexity index is 1280. The summed E-state index contributed by atoms with van der Waals surface area (Å²) in [5.74, 6) is 1.34. The van der Waals surface area contributed by atoms with E-state index in [-0.39, 0.29) is 11.8 Å². The average Bonchev–Trinajstić information content (AvgIpc) is 3.33. The Hall–Kier alpha value is -3.13. The van der Waals surface area contributed by atoms with Crippen LogP contribution in [0, 0.1) is 13.8 Å². The van der Waals surface area contributed by atoms with Crippen molar-refractivity contribution in [1.29, 1.82) is 0 Å². The van der Waals surface area contributed by atoms with E-state index in [0.717, 1.165) is 59.1 Å². The summed E-state index contributed by atoms with van der Waals surface area (Å²) >= 11 is 1.18. The van der Waals surface area contributed by atoms with Crippen molar-refractivity contribution in [2.24, 2.45) is 0 Å². The number of hydrogen-bond acceptors (Lipinski definition) is 6. The van der Waals surface area contributed by atoms with Gasteiger partial charge in [-0.2, -0.15) is 0 Å². The molecule has 7 nitrogen and oxygen atoms in total. The molecular formula is C25H29N3O4S. The Labute approximate surface area is 197 Å². The maximum atomic E-state index is 12.8. The molecule has 1 N–H and O–H groups in total. The minimum atomic E-state index is -0.306. The first-order valence-corrected chi connectivity index (χ1v) is 11.8. The summed E-state index contributed by atoms with van der Waals surface area (Å²) in [5, 5.41) is 4.30. The zero-order chi connectivity index (χ0) is 23.9. The Morgan fingerprint density at radius 2 is 1.97 bits per heavy atom. The quantitative estimate of drug-likeness (QED) is 0.526. The van der Waals surface area contributed by atoms with Crippen LogP contribution in [0.5, 0.6) is 5.75 Å². The maximum Gasteiger partial charge on any atom is 0.265 e. The van der Waals surface area contributed by atoms with E-state index >= 15 is 0 Å². The number of nitrogens with zero attached hydrogens (tertiary/aromatic N) is 2. The zero-order valence-electron chi connectivity index (χ0n) is 19.9. The van der Waals surface area contributed by atoms with Crippen molar-refractivity contribution in [1.82, 2.24) is 9.88 Å². The van der Waals surface area contributed by atoms with Crippen LogP contribution in [0.15, 0.2) is 16.6 Å². The number of allylic oxidation sites excluding steroid dienone is 1. The SMILES string of the molecule is COc1c(/C(C)=C/C(=O)Nc2nc(C)c(C(=O)N(C)C)s2)cc2c3c(oc2c1C)CCCC3. The smallest absolute Gasteiger partial charge is 0.265 e. The second-order valence-electron chi connectivity index (χ2n) is 8.62. The van der Waals surface area contributed by atoms with Crippen LogP contribution in [-0.4, -0.2) is 42.9 Å². The van der Waals surface area contributed by atoms with E-state index in [1.807, 2.05) is 13.8 Å². The molecule has 1 aliphatic rings. The second-order valence-corrected chi connectivity index (χ2v) is 9.62. The number of furan rings is 1. The van der Waals surface area contributed by atoms with Crippen LogP contribution in [0.4, 0.5) is 5.13 Å². The summed E-state index contributed by atoms with van der Waals surface area (Å²) in [6, 6.07) is 2.08. The van der Waals surface area contributed by atoms with E-state index in [0.29, 0.717) is 21.5 Å². The number of nitrogens with one attached hydrogen (secondary N) is 1. The highest BCUT2D eigenvalue weighted by Crippen LogP contribution is 2.41. The molecule has 0 radical (unpaired) electrons. The molecule has 174 valence electrons. The lowest BCUT2D eigenvalue weighted by Crippen LogP contribution is -2.21. The lowest BCUT2D eigenvalue weighted by atomic mass is 9.93. The van der Waals surface area contributed by atoms with Crippen molar-refractivity contribution in [2.75, 3.05) is 26.5 Å². The molecule has 8 heteroatoms. The van der Waals surface area contributed by atoms with E-state index in [2.05, 4.69) is 16.4 Å². The van der Waals surface area contributed by atoms with Gasteiger partial charge in [-0.1, -0.05) is 11.3 Å². The van der Waals surface area contributed by atoms with Crippen molar-refractivity contribution in [3.05, 3.63) is 45.2 Å². The van der Waals surface area contributed by atoms with Crippen LogP contribution in [0.2, 0.25) is 0 Å². The molecule has 2 heterocycles. The number of aryl methyl sites for hydroxylation is 4. The molecule has 3 aromatic rings. The van der Waals surface area contributed by atoms with Crippen LogP contribution >= 0.6 is 11.3 Å². The summed E-state index contributed by atoms with van der Waals surface area (Å²) in [4.78, 5) is 31.4. The number of ether oxygens (including phenoxy) is 1. The number of carbonyl (C=O) groups is 2. The molecule has 1 aliphatic carbocycles. The number of aromatic nitrogens is 1. The lowest BCUT2D eigenvalue weighted by Gasteiger charge is -2.13. The topological polar surface area (TPSA) is 84.7 Å². The van der Waals surface area contributed by atoms with Gasteiger partial charge in [-0.25, -0.2) is 4.98 Å². The summed E-state index contributed by atoms with van der Waals surface area (Å²) in [6.45, 7) is 5.65. The Balaban J connectivity index is 1.66. The van der Waals surface area contributed by atoms with Gasteiger partial charge in [0.1, 0.15) is 22.0 Å².